The van der Waals surface area contributed by atoms with Crippen molar-refractivity contribution in [2.75, 3.05) is 11.5 Å². The Morgan fingerprint density at radius 3 is 2.62 bits per heavy atom. The molecule has 3 amide bonds. The molecule has 0 atom stereocenters. The van der Waals surface area contributed by atoms with E-state index in [0.717, 1.165) is 9.37 Å². The van der Waals surface area contributed by atoms with Crippen molar-refractivity contribution in [1.29, 1.82) is 0 Å². The second-order valence-corrected chi connectivity index (χ2v) is 6.00. The molecule has 1 N–H and O–H groups in total. The molecule has 0 radical (unpaired) electrons. The summed E-state index contributed by atoms with van der Waals surface area (Å²) < 4.78 is 6.43. The Kier molecular flexibility index (Phi) is 4.66. The Labute approximate surface area is 148 Å². The van der Waals surface area contributed by atoms with E-state index in [4.69, 9.17) is 4.74 Å². The van der Waals surface area contributed by atoms with Crippen molar-refractivity contribution in [2.24, 2.45) is 0 Å². The van der Waals surface area contributed by atoms with Gasteiger partial charge in [0.2, 0.25) is 0 Å². The molecule has 1 heterocycles. The fourth-order valence-electron chi connectivity index (χ4n) is 2.42. The van der Waals surface area contributed by atoms with Gasteiger partial charge in [0.15, 0.2) is 0 Å². The molecule has 1 aliphatic rings. The van der Waals surface area contributed by atoms with Crippen LogP contribution in [0.1, 0.15) is 12.5 Å². The Morgan fingerprint density at radius 2 is 1.92 bits per heavy atom. The zero-order chi connectivity index (χ0) is 17.1. The van der Waals surface area contributed by atoms with Gasteiger partial charge in [0, 0.05) is 10.0 Å². The first-order chi connectivity index (χ1) is 11.6. The van der Waals surface area contributed by atoms with Gasteiger partial charge in [-0.25, -0.2) is 9.69 Å². The van der Waals surface area contributed by atoms with Crippen molar-refractivity contribution in [1.82, 2.24) is 5.32 Å². The van der Waals surface area contributed by atoms with Crippen molar-refractivity contribution >= 4 is 39.6 Å². The predicted octanol–water partition coefficient (Wildman–Crippen LogP) is 3.95. The van der Waals surface area contributed by atoms with Crippen LogP contribution in [0, 0.1) is 0 Å². The molecule has 0 spiro atoms. The van der Waals surface area contributed by atoms with Crippen LogP contribution in [0.3, 0.4) is 0 Å². The first kappa shape index (κ1) is 16.3. The second-order valence-electron chi connectivity index (χ2n) is 5.08. The molecule has 2 aromatic carbocycles. The summed E-state index contributed by atoms with van der Waals surface area (Å²) in [4.78, 5) is 25.9. The van der Waals surface area contributed by atoms with E-state index in [1.807, 2.05) is 31.2 Å². The van der Waals surface area contributed by atoms with Crippen LogP contribution >= 0.6 is 15.9 Å². The highest BCUT2D eigenvalue weighted by molar-refractivity contribution is 9.10. The molecule has 1 aliphatic heterocycles. The molecule has 2 aromatic rings. The number of imide groups is 1. The molecule has 3 rings (SSSR count). The Balaban J connectivity index is 1.97. The lowest BCUT2D eigenvalue weighted by atomic mass is 10.1. The maximum Gasteiger partial charge on any atom is 0.333 e. The monoisotopic (exact) mass is 386 g/mol. The maximum atomic E-state index is 12.6. The van der Waals surface area contributed by atoms with E-state index in [-0.39, 0.29) is 5.70 Å². The maximum absolute atomic E-state index is 12.6. The highest BCUT2D eigenvalue weighted by Crippen LogP contribution is 2.27. The standard InChI is InChI=1S/C18H15BrN2O3/c1-2-24-16-9-8-13(19)10-12(16)11-15-17(22)21(18(23)20-15)14-6-4-3-5-7-14/h3-11H,2H2,1H3,(H,20,23). The number of benzene rings is 2. The van der Waals surface area contributed by atoms with Crippen LogP contribution in [-0.2, 0) is 4.79 Å². The van der Waals surface area contributed by atoms with Crippen LogP contribution in [-0.4, -0.2) is 18.5 Å². The molecular weight excluding hydrogens is 372 g/mol. The van der Waals surface area contributed by atoms with E-state index in [0.29, 0.717) is 23.6 Å². The molecule has 122 valence electrons. The SMILES string of the molecule is CCOc1ccc(Br)cc1C=C1NC(=O)N(c2ccccc2)C1=O. The molecule has 1 saturated heterocycles. The number of rotatable bonds is 4. The molecule has 0 unspecified atom stereocenters. The third-order valence-corrected chi connectivity index (χ3v) is 3.96. The lowest BCUT2D eigenvalue weighted by Crippen LogP contribution is -2.30. The summed E-state index contributed by atoms with van der Waals surface area (Å²) >= 11 is 3.40. The molecule has 0 bridgehead atoms. The summed E-state index contributed by atoms with van der Waals surface area (Å²) in [7, 11) is 0. The van der Waals surface area contributed by atoms with Gasteiger partial charge in [0.05, 0.1) is 12.3 Å². The van der Waals surface area contributed by atoms with E-state index in [1.54, 1.807) is 30.3 Å². The average Bonchev–Trinajstić information content (AvgIpc) is 2.85. The van der Waals surface area contributed by atoms with Crippen LogP contribution in [0.5, 0.6) is 5.75 Å². The number of halogens is 1. The number of carbonyl (C=O) groups excluding carboxylic acids is 2. The Bertz CT molecular complexity index is 818. The Morgan fingerprint density at radius 1 is 1.17 bits per heavy atom. The van der Waals surface area contributed by atoms with E-state index in [9.17, 15) is 9.59 Å². The fraction of sp³-hybridized carbons (Fsp3) is 0.111. The number of urea groups is 1. The summed E-state index contributed by atoms with van der Waals surface area (Å²) in [5, 5.41) is 2.62. The lowest BCUT2D eigenvalue weighted by molar-refractivity contribution is -0.113. The van der Waals surface area contributed by atoms with Crippen LogP contribution in [0.25, 0.3) is 6.08 Å². The van der Waals surface area contributed by atoms with E-state index < -0.39 is 11.9 Å². The number of amides is 3. The summed E-state index contributed by atoms with van der Waals surface area (Å²) in [6, 6.07) is 13.9. The molecule has 0 aromatic heterocycles. The van der Waals surface area contributed by atoms with Crippen molar-refractivity contribution in [3.05, 3.63) is 64.3 Å². The van der Waals surface area contributed by atoms with Crippen LogP contribution < -0.4 is 15.0 Å². The number of carbonyl (C=O) groups is 2. The summed E-state index contributed by atoms with van der Waals surface area (Å²) in [6.45, 7) is 2.40. The number of anilines is 1. The third kappa shape index (κ3) is 3.19. The molecule has 0 aliphatic carbocycles. The van der Waals surface area contributed by atoms with E-state index in [2.05, 4.69) is 21.2 Å². The normalized spacial score (nSPS) is 15.8. The first-order valence-corrected chi connectivity index (χ1v) is 8.24. The Hall–Kier alpha value is -2.60. The number of hydrogen-bond donors (Lipinski definition) is 1. The van der Waals surface area contributed by atoms with E-state index in [1.165, 1.54) is 0 Å². The molecule has 6 heteroatoms. The molecule has 0 saturated carbocycles. The minimum atomic E-state index is -0.467. The van der Waals surface area contributed by atoms with Gasteiger partial charge in [0.1, 0.15) is 11.4 Å². The minimum absolute atomic E-state index is 0.211. The predicted molar refractivity (Wildman–Crippen MR) is 95.7 cm³/mol. The van der Waals surface area contributed by atoms with Crippen LogP contribution in [0.4, 0.5) is 10.5 Å². The van der Waals surface area contributed by atoms with Crippen LogP contribution in [0.2, 0.25) is 0 Å². The van der Waals surface area contributed by atoms with Gasteiger partial charge in [-0.15, -0.1) is 0 Å². The fourth-order valence-corrected chi connectivity index (χ4v) is 2.80. The largest absolute Gasteiger partial charge is 0.493 e. The number of para-hydroxylation sites is 1. The molecule has 1 fully saturated rings. The zero-order valence-corrected chi connectivity index (χ0v) is 14.5. The van der Waals surface area contributed by atoms with Gasteiger partial charge < -0.3 is 10.1 Å². The van der Waals surface area contributed by atoms with Gasteiger partial charge in [-0.1, -0.05) is 34.1 Å². The zero-order valence-electron chi connectivity index (χ0n) is 13.0. The number of nitrogens with one attached hydrogen (secondary N) is 1. The van der Waals surface area contributed by atoms with Gasteiger partial charge in [-0.3, -0.25) is 4.79 Å². The van der Waals surface area contributed by atoms with Crippen molar-refractivity contribution in [2.45, 2.75) is 6.92 Å². The summed E-state index contributed by atoms with van der Waals surface area (Å²) in [6.07, 6.45) is 1.62. The minimum Gasteiger partial charge on any atom is -0.493 e. The molecular formula is C18H15BrN2O3. The van der Waals surface area contributed by atoms with Crippen LogP contribution in [0.15, 0.2) is 58.7 Å². The lowest BCUT2D eigenvalue weighted by Gasteiger charge is -2.11. The molecule has 5 nitrogen and oxygen atoms in total. The second kappa shape index (κ2) is 6.88. The number of ether oxygens (including phenoxy) is 1. The topological polar surface area (TPSA) is 58.6 Å². The smallest absolute Gasteiger partial charge is 0.333 e. The van der Waals surface area contributed by atoms with Gasteiger partial charge in [-0.2, -0.15) is 0 Å². The quantitative estimate of drug-likeness (QED) is 0.639. The summed E-state index contributed by atoms with van der Waals surface area (Å²) in [5.41, 5.74) is 1.45. The van der Waals surface area contributed by atoms with E-state index >= 15 is 0 Å². The van der Waals surface area contributed by atoms with Gasteiger partial charge in [-0.05, 0) is 43.3 Å². The first-order valence-electron chi connectivity index (χ1n) is 7.44. The highest BCUT2D eigenvalue weighted by atomic mass is 79.9. The van der Waals surface area contributed by atoms with Crippen molar-refractivity contribution in [3.63, 3.8) is 0 Å². The van der Waals surface area contributed by atoms with Crippen molar-refractivity contribution in [3.8, 4) is 5.75 Å². The number of hydrogen-bond acceptors (Lipinski definition) is 3. The van der Waals surface area contributed by atoms with Gasteiger partial charge in [0.25, 0.3) is 5.91 Å². The highest BCUT2D eigenvalue weighted by Gasteiger charge is 2.34. The average molecular weight is 387 g/mol. The third-order valence-electron chi connectivity index (χ3n) is 3.46. The number of nitrogens with zero attached hydrogens (tertiary/aromatic N) is 1. The molecule has 24 heavy (non-hydrogen) atoms. The van der Waals surface area contributed by atoms with Gasteiger partial charge >= 0.3 is 6.03 Å². The summed E-state index contributed by atoms with van der Waals surface area (Å²) in [5.74, 6) is 0.252. The van der Waals surface area contributed by atoms with Crippen molar-refractivity contribution < 1.29 is 14.3 Å².